The molecular weight excluding hydrogens is 292 g/mol. The maximum atomic E-state index is 11.9. The number of amides is 2. The van der Waals surface area contributed by atoms with Crippen molar-refractivity contribution in [1.29, 1.82) is 0 Å². The number of carbonyl (C=O) groups is 3. The Morgan fingerprint density at radius 1 is 1.38 bits per heavy atom. The van der Waals surface area contributed by atoms with Crippen LogP contribution >= 0.6 is 11.3 Å². The summed E-state index contributed by atoms with van der Waals surface area (Å²) >= 11 is 1.24. The van der Waals surface area contributed by atoms with E-state index in [2.05, 4.69) is 5.32 Å². The normalized spacial score (nSPS) is 10.7. The van der Waals surface area contributed by atoms with E-state index >= 15 is 0 Å². The van der Waals surface area contributed by atoms with E-state index < -0.39 is 5.97 Å². The van der Waals surface area contributed by atoms with Gasteiger partial charge in [-0.1, -0.05) is 0 Å². The van der Waals surface area contributed by atoms with Gasteiger partial charge in [0.25, 0.3) is 5.91 Å². The number of nitrogens with two attached hydrogens (primary N) is 1. The molecular formula is C14H18N2O4S. The number of carboxylic acid groups (broad SMARTS) is 1. The standard InChI is InChI=1S/C14H18N2O4S/c1-9-8-11(21-10(9)5-6-13(18)19)14(20)16-7-3-2-4-12(15)17/h5-6,8H,2-4,7H2,1H3,(H2,15,17)(H,16,20)(H,18,19)/b6-5+. The van der Waals surface area contributed by atoms with Crippen LogP contribution in [0.5, 0.6) is 0 Å². The van der Waals surface area contributed by atoms with Gasteiger partial charge in [0.1, 0.15) is 0 Å². The maximum absolute atomic E-state index is 11.9. The Balaban J connectivity index is 2.49. The van der Waals surface area contributed by atoms with Gasteiger partial charge in [-0.3, -0.25) is 9.59 Å². The number of hydrogen-bond acceptors (Lipinski definition) is 4. The number of aliphatic carboxylic acids is 1. The van der Waals surface area contributed by atoms with E-state index in [4.69, 9.17) is 10.8 Å². The van der Waals surface area contributed by atoms with Crippen LogP contribution in [0.2, 0.25) is 0 Å². The predicted octanol–water partition coefficient (Wildman–Crippen LogP) is 1.54. The van der Waals surface area contributed by atoms with Gasteiger partial charge in [0.15, 0.2) is 0 Å². The highest BCUT2D eigenvalue weighted by molar-refractivity contribution is 7.15. The molecule has 0 radical (unpaired) electrons. The second kappa shape index (κ2) is 8.21. The lowest BCUT2D eigenvalue weighted by Gasteiger charge is -2.02. The molecule has 0 unspecified atom stereocenters. The monoisotopic (exact) mass is 310 g/mol. The molecule has 0 aliphatic carbocycles. The first-order valence-corrected chi connectivity index (χ1v) is 7.29. The summed E-state index contributed by atoms with van der Waals surface area (Å²) in [6.45, 7) is 2.30. The Kier molecular flexibility index (Phi) is 6.61. The molecule has 114 valence electrons. The minimum absolute atomic E-state index is 0.197. The average molecular weight is 310 g/mol. The van der Waals surface area contributed by atoms with E-state index in [1.807, 2.05) is 6.92 Å². The van der Waals surface area contributed by atoms with Gasteiger partial charge in [0.2, 0.25) is 5.91 Å². The molecule has 0 fully saturated rings. The van der Waals surface area contributed by atoms with E-state index in [0.29, 0.717) is 30.7 Å². The highest BCUT2D eigenvalue weighted by Crippen LogP contribution is 2.23. The van der Waals surface area contributed by atoms with Gasteiger partial charge >= 0.3 is 5.97 Å². The summed E-state index contributed by atoms with van der Waals surface area (Å²) in [6, 6.07) is 1.73. The fourth-order valence-corrected chi connectivity index (χ4v) is 2.63. The number of hydrogen-bond donors (Lipinski definition) is 3. The highest BCUT2D eigenvalue weighted by atomic mass is 32.1. The van der Waals surface area contributed by atoms with Crippen molar-refractivity contribution in [3.63, 3.8) is 0 Å². The molecule has 1 aromatic rings. The van der Waals surface area contributed by atoms with E-state index in [9.17, 15) is 14.4 Å². The first kappa shape index (κ1) is 16.9. The van der Waals surface area contributed by atoms with Crippen molar-refractivity contribution in [2.24, 2.45) is 5.73 Å². The van der Waals surface area contributed by atoms with Gasteiger partial charge < -0.3 is 16.2 Å². The number of thiophene rings is 1. The van der Waals surface area contributed by atoms with Crippen molar-refractivity contribution in [1.82, 2.24) is 5.32 Å². The van der Waals surface area contributed by atoms with E-state index in [1.165, 1.54) is 17.4 Å². The third-order valence-corrected chi connectivity index (χ3v) is 3.89. The molecule has 1 aromatic heterocycles. The molecule has 1 heterocycles. The Morgan fingerprint density at radius 3 is 2.71 bits per heavy atom. The number of carbonyl (C=O) groups excluding carboxylic acids is 2. The molecule has 6 nitrogen and oxygen atoms in total. The molecule has 0 aliphatic heterocycles. The topological polar surface area (TPSA) is 109 Å². The summed E-state index contributed by atoms with van der Waals surface area (Å²) in [5.74, 6) is -1.56. The highest BCUT2D eigenvalue weighted by Gasteiger charge is 2.10. The third-order valence-electron chi connectivity index (χ3n) is 2.69. The summed E-state index contributed by atoms with van der Waals surface area (Å²) in [5, 5.41) is 11.4. The summed E-state index contributed by atoms with van der Waals surface area (Å²) < 4.78 is 0. The zero-order valence-corrected chi connectivity index (χ0v) is 12.5. The number of aryl methyl sites for hydroxylation is 1. The van der Waals surface area contributed by atoms with Crippen molar-refractivity contribution >= 4 is 35.2 Å². The summed E-state index contributed by atoms with van der Waals surface area (Å²) in [4.78, 5) is 34.2. The van der Waals surface area contributed by atoms with Gasteiger partial charge in [-0.05, 0) is 37.5 Å². The summed E-state index contributed by atoms with van der Waals surface area (Å²) in [5.41, 5.74) is 5.88. The lowest BCUT2D eigenvalue weighted by Crippen LogP contribution is -2.23. The largest absolute Gasteiger partial charge is 0.478 e. The van der Waals surface area contributed by atoms with Crippen LogP contribution < -0.4 is 11.1 Å². The first-order valence-electron chi connectivity index (χ1n) is 6.48. The van der Waals surface area contributed by atoms with Gasteiger partial charge in [0, 0.05) is 23.9 Å². The minimum atomic E-state index is -1.02. The van der Waals surface area contributed by atoms with Crippen LogP contribution in [0.3, 0.4) is 0 Å². The molecule has 0 atom stereocenters. The molecule has 0 saturated carbocycles. The van der Waals surface area contributed by atoms with Crippen LogP contribution in [-0.4, -0.2) is 29.4 Å². The Bertz CT molecular complexity index is 563. The van der Waals surface area contributed by atoms with Crippen LogP contribution in [0.4, 0.5) is 0 Å². The molecule has 0 spiro atoms. The first-order chi connectivity index (χ1) is 9.90. The molecule has 7 heteroatoms. The average Bonchev–Trinajstić information content (AvgIpc) is 2.77. The van der Waals surface area contributed by atoms with E-state index in [0.717, 1.165) is 16.5 Å². The van der Waals surface area contributed by atoms with Crippen LogP contribution in [0.15, 0.2) is 12.1 Å². The minimum Gasteiger partial charge on any atom is -0.478 e. The number of rotatable bonds is 8. The van der Waals surface area contributed by atoms with Gasteiger partial charge in [-0.15, -0.1) is 11.3 Å². The molecule has 0 saturated heterocycles. The molecule has 4 N–H and O–H groups in total. The van der Waals surface area contributed by atoms with E-state index in [-0.39, 0.29) is 11.8 Å². The van der Waals surface area contributed by atoms with Gasteiger partial charge in [-0.25, -0.2) is 4.79 Å². The Labute approximate surface area is 126 Å². The van der Waals surface area contributed by atoms with Crippen LogP contribution in [-0.2, 0) is 9.59 Å². The van der Waals surface area contributed by atoms with Crippen molar-refractivity contribution in [2.45, 2.75) is 26.2 Å². The van der Waals surface area contributed by atoms with Crippen molar-refractivity contribution in [3.8, 4) is 0 Å². The zero-order chi connectivity index (χ0) is 15.8. The van der Waals surface area contributed by atoms with Crippen LogP contribution in [0.25, 0.3) is 6.08 Å². The number of primary amides is 1. The predicted molar refractivity (Wildman–Crippen MR) is 81.1 cm³/mol. The van der Waals surface area contributed by atoms with Crippen molar-refractivity contribution in [3.05, 3.63) is 27.5 Å². The maximum Gasteiger partial charge on any atom is 0.328 e. The van der Waals surface area contributed by atoms with E-state index in [1.54, 1.807) is 6.07 Å². The van der Waals surface area contributed by atoms with Crippen LogP contribution in [0.1, 0.15) is 39.4 Å². The number of carboxylic acids is 1. The zero-order valence-electron chi connectivity index (χ0n) is 11.7. The second-order valence-electron chi connectivity index (χ2n) is 4.51. The number of nitrogens with one attached hydrogen (secondary N) is 1. The summed E-state index contributed by atoms with van der Waals surface area (Å²) in [6.07, 6.45) is 4.17. The fraction of sp³-hybridized carbons (Fsp3) is 0.357. The lowest BCUT2D eigenvalue weighted by atomic mass is 10.2. The molecule has 0 aliphatic rings. The van der Waals surface area contributed by atoms with Gasteiger partial charge in [-0.2, -0.15) is 0 Å². The molecule has 0 bridgehead atoms. The molecule has 0 aromatic carbocycles. The molecule has 1 rings (SSSR count). The fourth-order valence-electron chi connectivity index (χ4n) is 1.63. The van der Waals surface area contributed by atoms with Crippen molar-refractivity contribution < 1.29 is 19.5 Å². The number of unbranched alkanes of at least 4 members (excludes halogenated alkanes) is 1. The van der Waals surface area contributed by atoms with Crippen LogP contribution in [0, 0.1) is 6.92 Å². The second-order valence-corrected chi connectivity index (χ2v) is 5.59. The lowest BCUT2D eigenvalue weighted by molar-refractivity contribution is -0.131. The Morgan fingerprint density at radius 2 is 2.10 bits per heavy atom. The smallest absolute Gasteiger partial charge is 0.328 e. The SMILES string of the molecule is Cc1cc(C(=O)NCCCCC(N)=O)sc1/C=C/C(=O)O. The Hall–Kier alpha value is -2.15. The van der Waals surface area contributed by atoms with Gasteiger partial charge in [0.05, 0.1) is 4.88 Å². The van der Waals surface area contributed by atoms with Crippen molar-refractivity contribution in [2.75, 3.05) is 6.54 Å². The molecule has 2 amide bonds. The summed E-state index contributed by atoms with van der Waals surface area (Å²) in [7, 11) is 0. The molecule has 21 heavy (non-hydrogen) atoms. The third kappa shape index (κ3) is 6.22. The quantitative estimate of drug-likeness (QED) is 0.499.